The van der Waals surface area contributed by atoms with Gasteiger partial charge in [-0.05, 0) is 6.42 Å². The third-order valence-electron chi connectivity index (χ3n) is 5.10. The maximum Gasteiger partial charge on any atom is 0.352 e. The van der Waals surface area contributed by atoms with Crippen molar-refractivity contribution in [3.63, 3.8) is 0 Å². The molecule has 1 atom stereocenters. The summed E-state index contributed by atoms with van der Waals surface area (Å²) in [5, 5.41) is 0. The standard InChI is InChI=1S/C25H44O4/c1-4-7-8-9-10-11-12-13-14-15-16-17-18-19-20-22-24(26)29-23(21-5-2)25(27)28-6-3/h5-6,23H,2-4,7-22H2,1H3. The smallest absolute Gasteiger partial charge is 0.352 e. The van der Waals surface area contributed by atoms with Crippen LogP contribution in [0.5, 0.6) is 0 Å². The normalized spacial score (nSPS) is 11.6. The number of rotatable bonds is 21. The maximum atomic E-state index is 11.9. The van der Waals surface area contributed by atoms with Crippen LogP contribution in [0.1, 0.15) is 116 Å². The Kier molecular flexibility index (Phi) is 20.0. The van der Waals surface area contributed by atoms with E-state index in [0.29, 0.717) is 6.42 Å². The molecule has 4 nitrogen and oxygen atoms in total. The van der Waals surface area contributed by atoms with Crippen molar-refractivity contribution in [2.75, 3.05) is 0 Å². The van der Waals surface area contributed by atoms with Gasteiger partial charge >= 0.3 is 11.9 Å². The molecule has 0 radical (unpaired) electrons. The van der Waals surface area contributed by atoms with Crippen LogP contribution in [0, 0.1) is 0 Å². The second-order valence-corrected chi connectivity index (χ2v) is 7.81. The Balaban J connectivity index is 3.48. The summed E-state index contributed by atoms with van der Waals surface area (Å²) in [6.45, 7) is 9.17. The fourth-order valence-corrected chi connectivity index (χ4v) is 3.36. The summed E-state index contributed by atoms with van der Waals surface area (Å²) in [5.41, 5.74) is 0. The highest BCUT2D eigenvalue weighted by Crippen LogP contribution is 2.14. The Bertz CT molecular complexity index is 431. The van der Waals surface area contributed by atoms with Gasteiger partial charge in [-0.2, -0.15) is 0 Å². The van der Waals surface area contributed by atoms with Crippen LogP contribution >= 0.6 is 0 Å². The van der Waals surface area contributed by atoms with E-state index in [0.717, 1.165) is 25.5 Å². The minimum Gasteiger partial charge on any atom is -0.450 e. The lowest BCUT2D eigenvalue weighted by Gasteiger charge is -2.13. The molecule has 168 valence electrons. The fourth-order valence-electron chi connectivity index (χ4n) is 3.36. The van der Waals surface area contributed by atoms with Crippen molar-refractivity contribution in [1.29, 1.82) is 0 Å². The van der Waals surface area contributed by atoms with Gasteiger partial charge in [0.2, 0.25) is 6.10 Å². The van der Waals surface area contributed by atoms with Crippen molar-refractivity contribution in [2.45, 2.75) is 122 Å². The molecular weight excluding hydrogens is 364 g/mol. The van der Waals surface area contributed by atoms with Crippen molar-refractivity contribution >= 4 is 11.9 Å². The van der Waals surface area contributed by atoms with Gasteiger partial charge < -0.3 is 9.47 Å². The van der Waals surface area contributed by atoms with Gasteiger partial charge in [0.25, 0.3) is 0 Å². The molecule has 0 aromatic heterocycles. The molecule has 0 saturated carbocycles. The average Bonchev–Trinajstić information content (AvgIpc) is 2.70. The first-order valence-corrected chi connectivity index (χ1v) is 11.8. The van der Waals surface area contributed by atoms with Gasteiger partial charge in [-0.15, -0.1) is 6.58 Å². The fraction of sp³-hybridized carbons (Fsp3) is 0.760. The molecule has 4 heteroatoms. The molecule has 1 unspecified atom stereocenters. The molecule has 0 aliphatic carbocycles. The highest BCUT2D eigenvalue weighted by atomic mass is 16.6. The van der Waals surface area contributed by atoms with Crippen LogP contribution in [0.15, 0.2) is 25.5 Å². The van der Waals surface area contributed by atoms with E-state index in [1.807, 2.05) is 0 Å². The third kappa shape index (κ3) is 18.2. The van der Waals surface area contributed by atoms with Crippen LogP contribution in [0.25, 0.3) is 0 Å². The first-order valence-electron chi connectivity index (χ1n) is 11.8. The molecule has 0 rings (SSSR count). The SMILES string of the molecule is C=CCC(OC(=O)CCCCCCCCCCCCCCCCC)C(=O)OC=C. The van der Waals surface area contributed by atoms with Crippen LogP contribution in [0.3, 0.4) is 0 Å². The maximum absolute atomic E-state index is 11.9. The summed E-state index contributed by atoms with van der Waals surface area (Å²) in [6, 6.07) is 0. The molecule has 0 aromatic rings. The number of ether oxygens (including phenoxy) is 2. The van der Waals surface area contributed by atoms with E-state index >= 15 is 0 Å². The van der Waals surface area contributed by atoms with Crippen molar-refractivity contribution < 1.29 is 19.1 Å². The van der Waals surface area contributed by atoms with E-state index < -0.39 is 12.1 Å². The monoisotopic (exact) mass is 408 g/mol. The summed E-state index contributed by atoms with van der Waals surface area (Å²) < 4.78 is 9.88. The zero-order valence-corrected chi connectivity index (χ0v) is 18.8. The molecule has 0 aliphatic heterocycles. The molecule has 0 heterocycles. The minimum atomic E-state index is -0.922. The van der Waals surface area contributed by atoms with Gasteiger partial charge in [0.1, 0.15) is 0 Å². The van der Waals surface area contributed by atoms with Crippen molar-refractivity contribution in [1.82, 2.24) is 0 Å². The molecule has 0 bridgehead atoms. The molecule has 0 saturated heterocycles. The second-order valence-electron chi connectivity index (χ2n) is 7.81. The number of carbonyl (C=O) groups is 2. The Labute approximate surface area is 179 Å². The Hall–Kier alpha value is -1.58. The minimum absolute atomic E-state index is 0.247. The summed E-state index contributed by atoms with van der Waals surface area (Å²) in [6.07, 6.45) is 21.5. The lowest BCUT2D eigenvalue weighted by Crippen LogP contribution is -2.27. The van der Waals surface area contributed by atoms with E-state index in [2.05, 4.69) is 24.8 Å². The Morgan fingerprint density at radius 3 is 1.62 bits per heavy atom. The molecule has 0 spiro atoms. The Morgan fingerprint density at radius 1 is 0.759 bits per heavy atom. The van der Waals surface area contributed by atoms with Crippen LogP contribution in [0.2, 0.25) is 0 Å². The van der Waals surface area contributed by atoms with Crippen molar-refractivity contribution in [3.8, 4) is 0 Å². The Morgan fingerprint density at radius 2 is 1.21 bits per heavy atom. The molecule has 0 amide bonds. The highest BCUT2D eigenvalue weighted by molar-refractivity contribution is 5.79. The van der Waals surface area contributed by atoms with Gasteiger partial charge in [0, 0.05) is 12.8 Å². The largest absolute Gasteiger partial charge is 0.450 e. The van der Waals surface area contributed by atoms with Gasteiger partial charge in [0.15, 0.2) is 0 Å². The van der Waals surface area contributed by atoms with E-state index in [-0.39, 0.29) is 12.4 Å². The predicted molar refractivity (Wildman–Crippen MR) is 121 cm³/mol. The number of hydrogen-bond acceptors (Lipinski definition) is 4. The van der Waals surface area contributed by atoms with Crippen LogP contribution in [-0.2, 0) is 19.1 Å². The van der Waals surface area contributed by atoms with Gasteiger partial charge in [-0.3, -0.25) is 4.79 Å². The first-order chi connectivity index (χ1) is 14.2. The molecule has 29 heavy (non-hydrogen) atoms. The molecule has 0 aromatic carbocycles. The second kappa shape index (κ2) is 21.1. The topological polar surface area (TPSA) is 52.6 Å². The van der Waals surface area contributed by atoms with E-state index in [9.17, 15) is 9.59 Å². The lowest BCUT2D eigenvalue weighted by molar-refractivity contribution is -0.164. The number of carbonyl (C=O) groups excluding carboxylic acids is 2. The molecule has 0 aliphatic rings. The van der Waals surface area contributed by atoms with Crippen LogP contribution in [0.4, 0.5) is 0 Å². The molecule has 0 N–H and O–H groups in total. The van der Waals surface area contributed by atoms with Gasteiger partial charge in [-0.1, -0.05) is 109 Å². The number of hydrogen-bond donors (Lipinski definition) is 0. The number of unbranched alkanes of at least 4 members (excludes halogenated alkanes) is 14. The molecule has 0 fully saturated rings. The summed E-state index contributed by atoms with van der Waals surface area (Å²) in [5.74, 6) is -0.961. The van der Waals surface area contributed by atoms with Crippen LogP contribution in [-0.4, -0.2) is 18.0 Å². The lowest BCUT2D eigenvalue weighted by atomic mass is 10.0. The van der Waals surface area contributed by atoms with Crippen molar-refractivity contribution in [3.05, 3.63) is 25.5 Å². The van der Waals surface area contributed by atoms with Gasteiger partial charge in [-0.25, -0.2) is 4.79 Å². The summed E-state index contributed by atoms with van der Waals surface area (Å²) >= 11 is 0. The van der Waals surface area contributed by atoms with E-state index in [4.69, 9.17) is 4.74 Å². The molecular formula is C25H44O4. The van der Waals surface area contributed by atoms with Crippen molar-refractivity contribution in [2.24, 2.45) is 0 Å². The van der Waals surface area contributed by atoms with E-state index in [1.54, 1.807) is 0 Å². The summed E-state index contributed by atoms with van der Waals surface area (Å²) in [7, 11) is 0. The first kappa shape index (κ1) is 27.4. The quantitative estimate of drug-likeness (QED) is 0.0858. The van der Waals surface area contributed by atoms with Crippen LogP contribution < -0.4 is 0 Å². The summed E-state index contributed by atoms with van der Waals surface area (Å²) in [4.78, 5) is 23.5. The average molecular weight is 409 g/mol. The highest BCUT2D eigenvalue weighted by Gasteiger charge is 2.22. The van der Waals surface area contributed by atoms with Gasteiger partial charge in [0.05, 0.1) is 6.26 Å². The van der Waals surface area contributed by atoms with E-state index in [1.165, 1.54) is 83.1 Å². The third-order valence-corrected chi connectivity index (χ3v) is 5.10. The predicted octanol–water partition coefficient (Wildman–Crippen LogP) is 7.42. The number of esters is 2. The zero-order chi connectivity index (χ0) is 21.6. The zero-order valence-electron chi connectivity index (χ0n) is 18.8.